The molecule has 15 nitrogen and oxygen atoms in total. The van der Waals surface area contributed by atoms with Crippen LogP contribution in [0.1, 0.15) is 110 Å². The van der Waals surface area contributed by atoms with Crippen molar-refractivity contribution in [2.24, 2.45) is 17.2 Å². The van der Waals surface area contributed by atoms with Gasteiger partial charge in [-0.15, -0.1) is 0 Å². The van der Waals surface area contributed by atoms with Crippen molar-refractivity contribution in [3.8, 4) is 0 Å². The monoisotopic (exact) mass is 628 g/mol. The zero-order chi connectivity index (χ0) is 33.7. The van der Waals surface area contributed by atoms with Gasteiger partial charge in [0.1, 0.15) is 18.1 Å². The summed E-state index contributed by atoms with van der Waals surface area (Å²) in [6, 6.07) is -3.74. The number of hydrogen-bond acceptors (Lipinski definition) is 9. The Kier molecular flexibility index (Phi) is 20.2. The Morgan fingerprint density at radius 3 is 1.80 bits per heavy atom. The van der Waals surface area contributed by atoms with E-state index in [1.54, 1.807) is 0 Å². The van der Waals surface area contributed by atoms with Crippen LogP contribution in [0, 0.1) is 0 Å². The molecule has 15 heteroatoms. The van der Waals surface area contributed by atoms with Crippen LogP contribution in [0.15, 0.2) is 0 Å². The minimum Gasteiger partial charge on any atom is -0.480 e. The van der Waals surface area contributed by atoms with Crippen LogP contribution < -0.4 is 33.2 Å². The van der Waals surface area contributed by atoms with Gasteiger partial charge in [-0.25, -0.2) is 9.59 Å². The number of carboxylic acid groups (broad SMARTS) is 2. The highest BCUT2D eigenvalue weighted by Gasteiger charge is 2.41. The molecule has 0 aliphatic carbocycles. The topological polar surface area (TPSA) is 274 Å². The van der Waals surface area contributed by atoms with Gasteiger partial charge in [-0.2, -0.15) is 0 Å². The molecule has 0 saturated heterocycles. The maximum atomic E-state index is 12.8. The van der Waals surface area contributed by atoms with Crippen LogP contribution in [-0.4, -0.2) is 81.8 Å². The van der Waals surface area contributed by atoms with Crippen LogP contribution in [0.25, 0.3) is 0 Å². The van der Waals surface area contributed by atoms with Gasteiger partial charge in [-0.1, -0.05) is 58.3 Å². The summed E-state index contributed by atoms with van der Waals surface area (Å²) in [5.74, 6) is -6.77. The fourth-order valence-electron chi connectivity index (χ4n) is 4.52. The molecule has 0 fully saturated rings. The summed E-state index contributed by atoms with van der Waals surface area (Å²) in [7, 11) is 0. The number of rotatable bonds is 26. The first-order valence-electron chi connectivity index (χ1n) is 15.4. The number of unbranched alkanes of at least 4 members (excludes halogenated alkanes) is 8. The molecule has 252 valence electrons. The van der Waals surface area contributed by atoms with Gasteiger partial charge >= 0.3 is 11.9 Å². The number of carbonyl (C=O) groups is 7. The van der Waals surface area contributed by atoms with Gasteiger partial charge in [0.2, 0.25) is 23.6 Å². The minimum atomic E-state index is -2.41. The Labute approximate surface area is 258 Å². The van der Waals surface area contributed by atoms with Crippen molar-refractivity contribution in [1.29, 1.82) is 0 Å². The third kappa shape index (κ3) is 16.3. The highest BCUT2D eigenvalue weighted by Crippen LogP contribution is 2.18. The number of aliphatic carboxylic acids is 2. The summed E-state index contributed by atoms with van der Waals surface area (Å²) in [5, 5.41) is 26.3. The first kappa shape index (κ1) is 40.4. The summed E-state index contributed by atoms with van der Waals surface area (Å²) >= 11 is 0. The zero-order valence-corrected chi connectivity index (χ0v) is 26.0. The number of carbonyl (C=O) groups excluding carboxylic acids is 5. The van der Waals surface area contributed by atoms with Crippen molar-refractivity contribution < 1.29 is 43.8 Å². The highest BCUT2D eigenvalue weighted by molar-refractivity contribution is 6.07. The summed E-state index contributed by atoms with van der Waals surface area (Å²) in [6.07, 6.45) is 8.34. The van der Waals surface area contributed by atoms with Crippen LogP contribution in [0.3, 0.4) is 0 Å². The molecule has 0 saturated carbocycles. The van der Waals surface area contributed by atoms with Crippen LogP contribution in [0.5, 0.6) is 0 Å². The fraction of sp³-hybridized carbons (Fsp3) is 0.759. The third-order valence-electron chi connectivity index (χ3n) is 7.36. The Bertz CT molecular complexity index is 977. The second-order valence-electron chi connectivity index (χ2n) is 11.1. The van der Waals surface area contributed by atoms with Gasteiger partial charge in [0.15, 0.2) is 11.3 Å². The van der Waals surface area contributed by atoms with Crippen molar-refractivity contribution >= 4 is 41.4 Å². The molecule has 0 heterocycles. The quantitative estimate of drug-likeness (QED) is 0.0473. The van der Waals surface area contributed by atoms with Crippen molar-refractivity contribution in [1.82, 2.24) is 16.0 Å². The molecule has 0 unspecified atom stereocenters. The number of Topliss-reactive ketones (excluding diaryl/α,β-unsaturated/α-hetero) is 1. The van der Waals surface area contributed by atoms with Crippen LogP contribution in [-0.2, 0) is 33.6 Å². The third-order valence-corrected chi connectivity index (χ3v) is 7.36. The van der Waals surface area contributed by atoms with E-state index >= 15 is 0 Å². The lowest BCUT2D eigenvalue weighted by atomic mass is 9.85. The standard InChI is InChI=1S/C29H52N6O9/c1-3-4-5-6-7-8-9-10-11-14-23(37)33-19(2)26(40)35-21(27(41)42)15-16-22(36)29(32,28(43)44)17-12-13-20(25(31)39)34-24(38)18-30/h19-21H,3-18,30,32H2,1-2H3,(H2,31,39)(H,33,37)(H,34,38)(H,35,40)(H,41,42)(H,43,44)/t19-,20-,21+,29+/m0/s1. The molecule has 0 aliphatic rings. The maximum Gasteiger partial charge on any atom is 0.331 e. The van der Waals surface area contributed by atoms with Gasteiger partial charge in [-0.3, -0.25) is 24.0 Å². The summed E-state index contributed by atoms with van der Waals surface area (Å²) in [4.78, 5) is 84.3. The molecular formula is C29H52N6O9. The Morgan fingerprint density at radius 2 is 1.30 bits per heavy atom. The van der Waals surface area contributed by atoms with E-state index in [1.807, 2.05) is 0 Å². The van der Waals surface area contributed by atoms with E-state index < -0.39 is 84.9 Å². The van der Waals surface area contributed by atoms with Gasteiger partial charge in [0.25, 0.3) is 0 Å². The molecule has 0 bridgehead atoms. The molecule has 0 spiro atoms. The van der Waals surface area contributed by atoms with E-state index in [-0.39, 0.29) is 25.2 Å². The predicted molar refractivity (Wildman–Crippen MR) is 162 cm³/mol. The molecular weight excluding hydrogens is 576 g/mol. The lowest BCUT2D eigenvalue weighted by molar-refractivity contribution is -0.149. The largest absolute Gasteiger partial charge is 0.480 e. The maximum absolute atomic E-state index is 12.8. The average molecular weight is 629 g/mol. The fourth-order valence-corrected chi connectivity index (χ4v) is 4.52. The van der Waals surface area contributed by atoms with Crippen molar-refractivity contribution in [2.45, 2.75) is 134 Å². The number of carboxylic acids is 2. The summed E-state index contributed by atoms with van der Waals surface area (Å²) < 4.78 is 0. The van der Waals surface area contributed by atoms with Crippen LogP contribution >= 0.6 is 0 Å². The Morgan fingerprint density at radius 1 is 0.727 bits per heavy atom. The number of nitrogens with one attached hydrogen (secondary N) is 3. The van der Waals surface area contributed by atoms with Crippen LogP contribution in [0.2, 0.25) is 0 Å². The van der Waals surface area contributed by atoms with Gasteiger partial charge in [0.05, 0.1) is 6.54 Å². The van der Waals surface area contributed by atoms with E-state index in [1.165, 1.54) is 39.0 Å². The lowest BCUT2D eigenvalue weighted by Crippen LogP contribution is -2.56. The molecule has 4 atom stereocenters. The predicted octanol–water partition coefficient (Wildman–Crippen LogP) is 0.212. The van der Waals surface area contributed by atoms with Gasteiger partial charge in [-0.05, 0) is 39.0 Å². The number of nitrogens with two attached hydrogens (primary N) is 3. The average Bonchev–Trinajstić information content (AvgIpc) is 2.96. The molecule has 11 N–H and O–H groups in total. The van der Waals surface area contributed by atoms with Crippen molar-refractivity contribution in [3.63, 3.8) is 0 Å². The molecule has 0 aromatic rings. The van der Waals surface area contributed by atoms with Crippen LogP contribution in [0.4, 0.5) is 0 Å². The molecule has 0 aromatic carbocycles. The van der Waals surface area contributed by atoms with Gasteiger partial charge < -0.3 is 43.4 Å². The van der Waals surface area contributed by atoms with E-state index in [9.17, 15) is 43.8 Å². The lowest BCUT2D eigenvalue weighted by Gasteiger charge is -2.25. The number of primary amides is 1. The molecule has 0 radical (unpaired) electrons. The van der Waals surface area contributed by atoms with E-state index in [0.29, 0.717) is 6.42 Å². The second kappa shape index (κ2) is 22.0. The number of amides is 4. The number of hydrogen-bond donors (Lipinski definition) is 8. The Balaban J connectivity index is 4.82. The molecule has 4 amide bonds. The second-order valence-corrected chi connectivity index (χ2v) is 11.1. The first-order valence-corrected chi connectivity index (χ1v) is 15.4. The SMILES string of the molecule is CCCCCCCCCCCC(=O)N[C@@H](C)C(=O)N[C@H](CCC(=O)[C@](N)(CCC[C@H](NC(=O)CN)C(N)=O)C(=O)O)C(=O)O. The van der Waals surface area contributed by atoms with E-state index in [4.69, 9.17) is 17.2 Å². The normalized spacial score (nSPS) is 14.4. The van der Waals surface area contributed by atoms with Gasteiger partial charge in [0, 0.05) is 12.8 Å². The van der Waals surface area contributed by atoms with E-state index in [2.05, 4.69) is 22.9 Å². The minimum absolute atomic E-state index is 0.0949. The summed E-state index contributed by atoms with van der Waals surface area (Å²) in [6.45, 7) is 3.17. The van der Waals surface area contributed by atoms with Crippen molar-refractivity contribution in [3.05, 3.63) is 0 Å². The zero-order valence-electron chi connectivity index (χ0n) is 26.0. The highest BCUT2D eigenvalue weighted by atomic mass is 16.4. The molecule has 44 heavy (non-hydrogen) atoms. The molecule has 0 rings (SSSR count). The molecule has 0 aromatic heterocycles. The smallest absolute Gasteiger partial charge is 0.331 e. The van der Waals surface area contributed by atoms with E-state index in [0.717, 1.165) is 19.3 Å². The Hall–Kier alpha value is -3.59. The van der Waals surface area contributed by atoms with Crippen molar-refractivity contribution in [2.75, 3.05) is 6.54 Å². The summed E-state index contributed by atoms with van der Waals surface area (Å²) in [5.41, 5.74) is 13.9. The number of ketones is 1. The molecule has 0 aliphatic heterocycles. The first-order chi connectivity index (χ1) is 20.7.